The van der Waals surface area contributed by atoms with Crippen molar-refractivity contribution in [2.24, 2.45) is 0 Å². The van der Waals surface area contributed by atoms with Gasteiger partial charge < -0.3 is 15.5 Å². The lowest BCUT2D eigenvalue weighted by atomic mass is 10.2. The van der Waals surface area contributed by atoms with Crippen molar-refractivity contribution in [3.63, 3.8) is 0 Å². The summed E-state index contributed by atoms with van der Waals surface area (Å²) in [5, 5.41) is 22.1. The number of pyridine rings is 1. The lowest BCUT2D eigenvalue weighted by Crippen LogP contribution is -2.01. The summed E-state index contributed by atoms with van der Waals surface area (Å²) in [5.41, 5.74) is 0.466. The van der Waals surface area contributed by atoms with Crippen LogP contribution < -0.4 is 5.32 Å². The molecule has 1 heterocycles. The maximum Gasteiger partial charge on any atom is 0.126 e. The molecule has 0 saturated heterocycles. The normalized spacial score (nSPS) is 10.0. The second-order valence-electron chi connectivity index (χ2n) is 3.34. The molecular weight excluding hydrogens is 204 g/mol. The number of rotatable bonds is 3. The monoisotopic (exact) mass is 216 g/mol. The number of nitrogens with zero attached hydrogens (tertiary/aromatic N) is 1. The molecule has 0 unspecified atom stereocenters. The van der Waals surface area contributed by atoms with Crippen LogP contribution in [0.4, 0.5) is 5.82 Å². The van der Waals surface area contributed by atoms with Crippen molar-refractivity contribution < 1.29 is 10.2 Å². The number of hydrogen-bond acceptors (Lipinski definition) is 4. The van der Waals surface area contributed by atoms with Crippen LogP contribution in [0, 0.1) is 0 Å². The van der Waals surface area contributed by atoms with E-state index in [1.165, 1.54) is 12.1 Å². The molecule has 0 aliphatic carbocycles. The van der Waals surface area contributed by atoms with Gasteiger partial charge in [-0.2, -0.15) is 0 Å². The topological polar surface area (TPSA) is 65.4 Å². The van der Waals surface area contributed by atoms with E-state index in [1.807, 2.05) is 18.2 Å². The highest BCUT2D eigenvalue weighted by atomic mass is 16.3. The van der Waals surface area contributed by atoms with E-state index in [9.17, 15) is 10.2 Å². The van der Waals surface area contributed by atoms with Crippen molar-refractivity contribution >= 4 is 5.82 Å². The van der Waals surface area contributed by atoms with Crippen LogP contribution in [0.15, 0.2) is 42.6 Å². The van der Waals surface area contributed by atoms with Gasteiger partial charge in [-0.15, -0.1) is 0 Å². The highest BCUT2D eigenvalue weighted by Crippen LogP contribution is 2.26. The Morgan fingerprint density at radius 3 is 2.38 bits per heavy atom. The van der Waals surface area contributed by atoms with Gasteiger partial charge in [0, 0.05) is 12.7 Å². The molecule has 2 aromatic rings. The first-order valence-electron chi connectivity index (χ1n) is 4.92. The van der Waals surface area contributed by atoms with Gasteiger partial charge in [-0.3, -0.25) is 0 Å². The number of phenols is 2. The molecule has 0 amide bonds. The number of phenolic OH excluding ortho intramolecular Hbond substituents is 2. The van der Waals surface area contributed by atoms with Gasteiger partial charge in [0.05, 0.1) is 5.56 Å². The van der Waals surface area contributed by atoms with Crippen LogP contribution in [0.5, 0.6) is 11.5 Å². The second kappa shape index (κ2) is 4.53. The van der Waals surface area contributed by atoms with Gasteiger partial charge in [0.1, 0.15) is 17.3 Å². The SMILES string of the molecule is Oc1cccc(O)c1CNc1ccccn1. The summed E-state index contributed by atoms with van der Waals surface area (Å²) in [6.07, 6.45) is 1.67. The Morgan fingerprint density at radius 2 is 1.75 bits per heavy atom. The molecule has 4 nitrogen and oxygen atoms in total. The minimum absolute atomic E-state index is 0.0726. The van der Waals surface area contributed by atoms with Gasteiger partial charge in [0.25, 0.3) is 0 Å². The fourth-order valence-corrected chi connectivity index (χ4v) is 1.39. The molecule has 0 aliphatic heterocycles. The summed E-state index contributed by atoms with van der Waals surface area (Å²) in [7, 11) is 0. The van der Waals surface area contributed by atoms with E-state index >= 15 is 0 Å². The molecule has 0 radical (unpaired) electrons. The molecule has 16 heavy (non-hydrogen) atoms. The molecule has 1 aromatic heterocycles. The summed E-state index contributed by atoms with van der Waals surface area (Å²) in [4.78, 5) is 4.08. The Morgan fingerprint density at radius 1 is 1.00 bits per heavy atom. The highest BCUT2D eigenvalue weighted by molar-refractivity contribution is 5.45. The van der Waals surface area contributed by atoms with E-state index in [4.69, 9.17) is 0 Å². The number of aromatic nitrogens is 1. The average molecular weight is 216 g/mol. The van der Waals surface area contributed by atoms with Crippen molar-refractivity contribution in [1.82, 2.24) is 4.98 Å². The number of aromatic hydroxyl groups is 2. The Labute approximate surface area is 93.2 Å². The third kappa shape index (κ3) is 2.23. The van der Waals surface area contributed by atoms with Crippen LogP contribution in [0.2, 0.25) is 0 Å². The first-order chi connectivity index (χ1) is 7.77. The van der Waals surface area contributed by atoms with Crippen molar-refractivity contribution in [2.45, 2.75) is 6.54 Å². The van der Waals surface area contributed by atoms with E-state index in [0.29, 0.717) is 17.9 Å². The Balaban J connectivity index is 2.11. The van der Waals surface area contributed by atoms with Gasteiger partial charge in [-0.1, -0.05) is 12.1 Å². The summed E-state index contributed by atoms with van der Waals surface area (Å²) >= 11 is 0. The fraction of sp³-hybridized carbons (Fsp3) is 0.0833. The molecule has 0 saturated carbocycles. The molecule has 2 rings (SSSR count). The molecule has 1 aromatic carbocycles. The summed E-state index contributed by atoms with van der Waals surface area (Å²) in [6, 6.07) is 10.2. The van der Waals surface area contributed by atoms with Crippen LogP contribution in [-0.4, -0.2) is 15.2 Å². The molecular formula is C12H12N2O2. The maximum atomic E-state index is 9.55. The van der Waals surface area contributed by atoms with E-state index in [0.717, 1.165) is 0 Å². The maximum absolute atomic E-state index is 9.55. The van der Waals surface area contributed by atoms with E-state index in [2.05, 4.69) is 10.3 Å². The number of benzene rings is 1. The Bertz CT molecular complexity index is 451. The zero-order valence-corrected chi connectivity index (χ0v) is 8.59. The molecule has 0 fully saturated rings. The van der Waals surface area contributed by atoms with Crippen molar-refractivity contribution in [2.75, 3.05) is 5.32 Å². The lowest BCUT2D eigenvalue weighted by molar-refractivity contribution is 0.440. The van der Waals surface area contributed by atoms with Gasteiger partial charge >= 0.3 is 0 Å². The first kappa shape index (κ1) is 10.3. The third-order valence-corrected chi connectivity index (χ3v) is 2.24. The highest BCUT2D eigenvalue weighted by Gasteiger charge is 2.06. The van der Waals surface area contributed by atoms with E-state index < -0.39 is 0 Å². The van der Waals surface area contributed by atoms with Gasteiger partial charge in [0.2, 0.25) is 0 Å². The van der Waals surface area contributed by atoms with Crippen LogP contribution in [0.3, 0.4) is 0 Å². The zero-order valence-electron chi connectivity index (χ0n) is 8.59. The standard InChI is InChI=1S/C12H12N2O2/c15-10-4-3-5-11(16)9(10)8-14-12-6-1-2-7-13-12/h1-7,15-16H,8H2,(H,13,14). The second-order valence-corrected chi connectivity index (χ2v) is 3.34. The van der Waals surface area contributed by atoms with Gasteiger partial charge in [0.15, 0.2) is 0 Å². The smallest absolute Gasteiger partial charge is 0.126 e. The van der Waals surface area contributed by atoms with Crippen LogP contribution in [0.1, 0.15) is 5.56 Å². The van der Waals surface area contributed by atoms with Crippen LogP contribution in [-0.2, 0) is 6.54 Å². The van der Waals surface area contributed by atoms with Gasteiger partial charge in [-0.05, 0) is 24.3 Å². The van der Waals surface area contributed by atoms with Crippen LogP contribution >= 0.6 is 0 Å². The van der Waals surface area contributed by atoms with Crippen molar-refractivity contribution in [1.29, 1.82) is 0 Å². The number of hydrogen-bond donors (Lipinski definition) is 3. The predicted molar refractivity (Wildman–Crippen MR) is 61.3 cm³/mol. The van der Waals surface area contributed by atoms with Gasteiger partial charge in [-0.25, -0.2) is 4.98 Å². The molecule has 3 N–H and O–H groups in total. The number of nitrogens with one attached hydrogen (secondary N) is 1. The Hall–Kier alpha value is -2.23. The molecule has 0 bridgehead atoms. The third-order valence-electron chi connectivity index (χ3n) is 2.24. The lowest BCUT2D eigenvalue weighted by Gasteiger charge is -2.08. The Kier molecular flexibility index (Phi) is 2.91. The molecule has 82 valence electrons. The quantitative estimate of drug-likeness (QED) is 0.735. The minimum atomic E-state index is 0.0726. The largest absolute Gasteiger partial charge is 0.507 e. The summed E-state index contributed by atoms with van der Waals surface area (Å²) in [5.74, 6) is 0.844. The average Bonchev–Trinajstić information content (AvgIpc) is 2.30. The van der Waals surface area contributed by atoms with Crippen LogP contribution in [0.25, 0.3) is 0 Å². The summed E-state index contributed by atoms with van der Waals surface area (Å²) in [6.45, 7) is 0.329. The first-order valence-corrected chi connectivity index (χ1v) is 4.92. The van der Waals surface area contributed by atoms with E-state index in [-0.39, 0.29) is 11.5 Å². The molecule has 0 spiro atoms. The number of anilines is 1. The van der Waals surface area contributed by atoms with Crippen molar-refractivity contribution in [3.05, 3.63) is 48.2 Å². The fourth-order valence-electron chi connectivity index (χ4n) is 1.39. The predicted octanol–water partition coefficient (Wildman–Crippen LogP) is 2.10. The van der Waals surface area contributed by atoms with E-state index in [1.54, 1.807) is 12.3 Å². The molecule has 4 heteroatoms. The minimum Gasteiger partial charge on any atom is -0.507 e. The molecule has 0 atom stereocenters. The summed E-state index contributed by atoms with van der Waals surface area (Å²) < 4.78 is 0. The van der Waals surface area contributed by atoms with Crippen molar-refractivity contribution in [3.8, 4) is 11.5 Å². The molecule has 0 aliphatic rings. The zero-order chi connectivity index (χ0) is 11.4.